The first-order chi connectivity index (χ1) is 5.91. The molecule has 0 saturated carbocycles. The summed E-state index contributed by atoms with van der Waals surface area (Å²) in [5.74, 6) is 0. The average Bonchev–Trinajstić information content (AvgIpc) is 2.10. The van der Waals surface area contributed by atoms with Crippen LogP contribution < -0.4 is 4.98 Å². The van der Waals surface area contributed by atoms with Crippen molar-refractivity contribution in [1.82, 2.24) is 4.98 Å². The van der Waals surface area contributed by atoms with Crippen molar-refractivity contribution in [3.63, 3.8) is 0 Å². The molecule has 0 aliphatic carbocycles. The normalized spacial score (nSPS) is 11.5. The zero-order valence-electron chi connectivity index (χ0n) is 8.57. The third kappa shape index (κ3) is 10.1. The molecule has 1 N–H and O–H groups in total. The first-order valence-corrected chi connectivity index (χ1v) is 6.48. The Labute approximate surface area is 79.1 Å². The van der Waals surface area contributed by atoms with Gasteiger partial charge in [0.05, 0.1) is 0 Å². The summed E-state index contributed by atoms with van der Waals surface area (Å²) in [6.07, 6.45) is 6.39. The molecule has 2 nitrogen and oxygen atoms in total. The number of hydrogen-bond acceptors (Lipinski definition) is 2. The maximum Gasteiger partial charge on any atom is 0.235 e. The minimum Gasteiger partial charge on any atom is -0.409 e. The van der Waals surface area contributed by atoms with Crippen LogP contribution in [0.15, 0.2) is 0 Å². The van der Waals surface area contributed by atoms with Crippen LogP contribution in [0.4, 0.5) is 0 Å². The Morgan fingerprint density at radius 3 is 2.50 bits per heavy atom. The van der Waals surface area contributed by atoms with Crippen LogP contribution >= 0.6 is 0 Å². The zero-order chi connectivity index (χ0) is 9.07. The molecule has 0 saturated heterocycles. The lowest BCUT2D eigenvalue weighted by Gasteiger charge is -2.04. The molecule has 3 heteroatoms. The lowest BCUT2D eigenvalue weighted by Crippen LogP contribution is -2.23. The van der Waals surface area contributed by atoms with E-state index in [1.807, 2.05) is 0 Å². The van der Waals surface area contributed by atoms with Gasteiger partial charge >= 0.3 is 0 Å². The van der Waals surface area contributed by atoms with E-state index in [0.717, 1.165) is 13.2 Å². The average molecular weight is 189 g/mol. The number of rotatable bonds is 9. The SMILES string of the molecule is CCCCCO[SiH2]NCCCC. The molecule has 12 heavy (non-hydrogen) atoms. The van der Waals surface area contributed by atoms with Crippen LogP contribution in [0.3, 0.4) is 0 Å². The summed E-state index contributed by atoms with van der Waals surface area (Å²) in [5.41, 5.74) is 0. The summed E-state index contributed by atoms with van der Waals surface area (Å²) >= 11 is 0. The molecule has 0 amide bonds. The monoisotopic (exact) mass is 189 g/mol. The van der Waals surface area contributed by atoms with E-state index in [-0.39, 0.29) is 9.92 Å². The molecule has 0 aliphatic heterocycles. The lowest BCUT2D eigenvalue weighted by atomic mass is 10.3. The third-order valence-electron chi connectivity index (χ3n) is 1.80. The van der Waals surface area contributed by atoms with Crippen LogP contribution in [0.1, 0.15) is 46.0 Å². The third-order valence-corrected chi connectivity index (χ3v) is 2.85. The first kappa shape index (κ1) is 12.1. The van der Waals surface area contributed by atoms with E-state index < -0.39 is 0 Å². The quantitative estimate of drug-likeness (QED) is 0.439. The fourth-order valence-corrected chi connectivity index (χ4v) is 1.86. The number of nitrogens with one attached hydrogen (secondary N) is 1. The fraction of sp³-hybridized carbons (Fsp3) is 1.00. The van der Waals surface area contributed by atoms with Crippen molar-refractivity contribution in [1.29, 1.82) is 0 Å². The standard InChI is InChI=1S/C9H23NOSi/c1-3-5-7-9-11-12-10-8-6-4-2/h10H,3-9,12H2,1-2H3. The van der Waals surface area contributed by atoms with Crippen LogP contribution in [0.5, 0.6) is 0 Å². The molecule has 0 fully saturated rings. The Morgan fingerprint density at radius 1 is 1.08 bits per heavy atom. The highest BCUT2D eigenvalue weighted by Crippen LogP contribution is 1.92. The van der Waals surface area contributed by atoms with Gasteiger partial charge in [-0.05, 0) is 19.4 Å². The van der Waals surface area contributed by atoms with Crippen LogP contribution in [0, 0.1) is 0 Å². The predicted molar refractivity (Wildman–Crippen MR) is 56.9 cm³/mol. The second-order valence-electron chi connectivity index (χ2n) is 3.11. The van der Waals surface area contributed by atoms with Gasteiger partial charge in [-0.25, -0.2) is 0 Å². The van der Waals surface area contributed by atoms with Gasteiger partial charge in [0, 0.05) is 6.61 Å². The molecule has 0 bridgehead atoms. The van der Waals surface area contributed by atoms with Crippen molar-refractivity contribution in [2.75, 3.05) is 13.2 Å². The minimum atomic E-state index is -0.387. The maximum absolute atomic E-state index is 5.51. The van der Waals surface area contributed by atoms with Crippen LogP contribution in [-0.2, 0) is 4.43 Å². The largest absolute Gasteiger partial charge is 0.409 e. The van der Waals surface area contributed by atoms with E-state index >= 15 is 0 Å². The van der Waals surface area contributed by atoms with E-state index in [2.05, 4.69) is 18.8 Å². The molecule has 0 aliphatic rings. The van der Waals surface area contributed by atoms with Gasteiger partial charge in [0.2, 0.25) is 9.92 Å². The van der Waals surface area contributed by atoms with Crippen molar-refractivity contribution in [2.24, 2.45) is 0 Å². The molecular formula is C9H23NOSi. The minimum absolute atomic E-state index is 0.387. The van der Waals surface area contributed by atoms with Crippen LogP contribution in [0.2, 0.25) is 0 Å². The summed E-state index contributed by atoms with van der Waals surface area (Å²) < 4.78 is 5.51. The molecule has 0 aromatic rings. The lowest BCUT2D eigenvalue weighted by molar-refractivity contribution is 0.316. The van der Waals surface area contributed by atoms with Crippen molar-refractivity contribution < 1.29 is 4.43 Å². The Kier molecular flexibility index (Phi) is 11.3. The summed E-state index contributed by atoms with van der Waals surface area (Å²) in [6, 6.07) is 0. The second kappa shape index (κ2) is 11.1. The highest BCUT2D eigenvalue weighted by atomic mass is 28.2. The molecule has 0 spiro atoms. The summed E-state index contributed by atoms with van der Waals surface area (Å²) in [6.45, 7) is 6.55. The highest BCUT2D eigenvalue weighted by Gasteiger charge is 1.88. The summed E-state index contributed by atoms with van der Waals surface area (Å²) in [7, 11) is -0.387. The number of hydrogen-bond donors (Lipinski definition) is 1. The number of unbranched alkanes of at least 4 members (excludes halogenated alkanes) is 3. The first-order valence-electron chi connectivity index (χ1n) is 5.20. The van der Waals surface area contributed by atoms with Crippen LogP contribution in [0.25, 0.3) is 0 Å². The van der Waals surface area contributed by atoms with E-state index in [4.69, 9.17) is 4.43 Å². The smallest absolute Gasteiger partial charge is 0.235 e. The zero-order valence-corrected chi connectivity index (χ0v) is 9.98. The van der Waals surface area contributed by atoms with Gasteiger partial charge in [0.25, 0.3) is 0 Å². The molecule has 0 radical (unpaired) electrons. The molecule has 0 aromatic heterocycles. The van der Waals surface area contributed by atoms with Gasteiger partial charge in [0.15, 0.2) is 0 Å². The second-order valence-corrected chi connectivity index (χ2v) is 4.31. The van der Waals surface area contributed by atoms with Gasteiger partial charge in [-0.15, -0.1) is 0 Å². The fourth-order valence-electron chi connectivity index (χ4n) is 0.972. The van der Waals surface area contributed by atoms with E-state index in [9.17, 15) is 0 Å². The Bertz CT molecular complexity index is 70.9. The molecule has 0 atom stereocenters. The molecule has 0 rings (SSSR count). The van der Waals surface area contributed by atoms with E-state index in [1.165, 1.54) is 32.1 Å². The molecular weight excluding hydrogens is 166 g/mol. The van der Waals surface area contributed by atoms with E-state index in [0.29, 0.717) is 0 Å². The van der Waals surface area contributed by atoms with Gasteiger partial charge in [-0.3, -0.25) is 0 Å². The Hall–Kier alpha value is 0.137. The highest BCUT2D eigenvalue weighted by molar-refractivity contribution is 6.23. The molecule has 0 aromatic carbocycles. The van der Waals surface area contributed by atoms with E-state index in [1.54, 1.807) is 0 Å². The molecule has 74 valence electrons. The maximum atomic E-state index is 5.51. The van der Waals surface area contributed by atoms with Crippen LogP contribution in [-0.4, -0.2) is 23.1 Å². The summed E-state index contributed by atoms with van der Waals surface area (Å²) in [5, 5.41) is 0. The predicted octanol–water partition coefficient (Wildman–Crippen LogP) is 1.58. The Morgan fingerprint density at radius 2 is 1.83 bits per heavy atom. The van der Waals surface area contributed by atoms with Crippen molar-refractivity contribution in [3.05, 3.63) is 0 Å². The molecule has 0 unspecified atom stereocenters. The topological polar surface area (TPSA) is 21.3 Å². The van der Waals surface area contributed by atoms with Crippen molar-refractivity contribution in [2.45, 2.75) is 46.0 Å². The van der Waals surface area contributed by atoms with Gasteiger partial charge in [-0.2, -0.15) is 0 Å². The van der Waals surface area contributed by atoms with Crippen molar-refractivity contribution in [3.8, 4) is 0 Å². The summed E-state index contributed by atoms with van der Waals surface area (Å²) in [4.78, 5) is 3.38. The Balaban J connectivity index is 2.73. The van der Waals surface area contributed by atoms with Crippen molar-refractivity contribution >= 4 is 9.92 Å². The van der Waals surface area contributed by atoms with Gasteiger partial charge in [0.1, 0.15) is 0 Å². The van der Waals surface area contributed by atoms with Gasteiger partial charge < -0.3 is 9.41 Å². The van der Waals surface area contributed by atoms with Gasteiger partial charge in [-0.1, -0.05) is 33.1 Å². The molecule has 0 heterocycles.